The Bertz CT molecular complexity index is 1070. The molecule has 1 heterocycles. The second-order valence-electron chi connectivity index (χ2n) is 6.45. The average molecular weight is 404 g/mol. The minimum Gasteiger partial charge on any atom is -0.458 e. The molecule has 3 rings (SSSR count). The van der Waals surface area contributed by atoms with Gasteiger partial charge in [-0.05, 0) is 31.2 Å². The van der Waals surface area contributed by atoms with Gasteiger partial charge in [0.15, 0.2) is 6.04 Å². The molecular formula is C22H20N4O4. The Morgan fingerprint density at radius 1 is 1.17 bits per heavy atom. The monoisotopic (exact) mass is 404 g/mol. The molecule has 0 spiro atoms. The lowest BCUT2D eigenvalue weighted by atomic mass is 10.2. The number of esters is 1. The van der Waals surface area contributed by atoms with Gasteiger partial charge in [0.1, 0.15) is 18.2 Å². The molecule has 0 saturated carbocycles. The molecule has 8 nitrogen and oxygen atoms in total. The molecule has 30 heavy (non-hydrogen) atoms. The number of aromatic nitrogens is 2. The number of nitriles is 1. The number of para-hydroxylation sites is 1. The highest BCUT2D eigenvalue weighted by Gasteiger charge is 2.24. The summed E-state index contributed by atoms with van der Waals surface area (Å²) >= 11 is 0. The van der Waals surface area contributed by atoms with E-state index in [1.165, 1.54) is 4.68 Å². The summed E-state index contributed by atoms with van der Waals surface area (Å²) in [6, 6.07) is 18.3. The van der Waals surface area contributed by atoms with Crippen LogP contribution < -0.4 is 5.32 Å². The maximum absolute atomic E-state index is 12.5. The van der Waals surface area contributed by atoms with Crippen LogP contribution in [0.3, 0.4) is 0 Å². The molecular weight excluding hydrogens is 384 g/mol. The third-order valence-electron chi connectivity index (χ3n) is 4.43. The third-order valence-corrected chi connectivity index (χ3v) is 4.43. The molecule has 2 N–H and O–H groups in total. The van der Waals surface area contributed by atoms with Crippen molar-refractivity contribution in [1.29, 1.82) is 5.26 Å². The van der Waals surface area contributed by atoms with Gasteiger partial charge < -0.3 is 15.2 Å². The average Bonchev–Trinajstić information content (AvgIpc) is 3.11. The number of rotatable bonds is 7. The van der Waals surface area contributed by atoms with Crippen LogP contribution >= 0.6 is 0 Å². The van der Waals surface area contributed by atoms with Gasteiger partial charge in [-0.25, -0.2) is 9.48 Å². The van der Waals surface area contributed by atoms with Gasteiger partial charge in [-0.2, -0.15) is 10.4 Å². The number of aliphatic hydroxyl groups excluding tert-OH is 1. The molecule has 0 radical (unpaired) electrons. The summed E-state index contributed by atoms with van der Waals surface area (Å²) in [5.41, 5.74) is 2.28. The lowest BCUT2D eigenvalue weighted by molar-refractivity contribution is -0.148. The summed E-state index contributed by atoms with van der Waals surface area (Å²) in [6.07, 6.45) is 0. The first-order valence-corrected chi connectivity index (χ1v) is 9.22. The highest BCUT2D eigenvalue weighted by molar-refractivity contribution is 5.96. The zero-order valence-electron chi connectivity index (χ0n) is 16.3. The summed E-state index contributed by atoms with van der Waals surface area (Å²) in [7, 11) is 0. The Morgan fingerprint density at radius 3 is 2.40 bits per heavy atom. The normalized spacial score (nSPS) is 11.4. The van der Waals surface area contributed by atoms with Crippen LogP contribution in [-0.4, -0.2) is 39.4 Å². The molecule has 152 valence electrons. The number of aryl methyl sites for hydroxylation is 1. The zero-order chi connectivity index (χ0) is 21.5. The summed E-state index contributed by atoms with van der Waals surface area (Å²) in [6.45, 7) is 0.828. The molecule has 0 fully saturated rings. The van der Waals surface area contributed by atoms with E-state index in [1.54, 1.807) is 37.3 Å². The van der Waals surface area contributed by atoms with Crippen molar-refractivity contribution in [2.75, 3.05) is 6.61 Å². The third kappa shape index (κ3) is 4.54. The number of nitrogens with zero attached hydrogens (tertiary/aromatic N) is 3. The fraction of sp³-hybridized carbons (Fsp3) is 0.182. The summed E-state index contributed by atoms with van der Waals surface area (Å²) in [5, 5.41) is 25.8. The minimum absolute atomic E-state index is 0.241. The maximum Gasteiger partial charge on any atom is 0.331 e. The largest absolute Gasteiger partial charge is 0.458 e. The number of carbonyl (C=O) groups is 2. The second kappa shape index (κ2) is 9.49. The Labute approximate surface area is 173 Å². The van der Waals surface area contributed by atoms with Gasteiger partial charge in [0.2, 0.25) is 0 Å². The molecule has 1 amide bonds. The van der Waals surface area contributed by atoms with Crippen LogP contribution in [0.1, 0.15) is 27.3 Å². The number of ether oxygens (including phenoxy) is 1. The van der Waals surface area contributed by atoms with E-state index in [-0.39, 0.29) is 6.61 Å². The Hall–Kier alpha value is -3.96. The Morgan fingerprint density at radius 2 is 1.80 bits per heavy atom. The number of benzene rings is 2. The predicted molar refractivity (Wildman–Crippen MR) is 108 cm³/mol. The lowest BCUT2D eigenvalue weighted by Crippen LogP contribution is -2.44. The molecule has 0 aliphatic carbocycles. The lowest BCUT2D eigenvalue weighted by Gasteiger charge is -2.16. The minimum atomic E-state index is -1.24. The van der Waals surface area contributed by atoms with Gasteiger partial charge in [0, 0.05) is 5.56 Å². The summed E-state index contributed by atoms with van der Waals surface area (Å²) in [4.78, 5) is 24.7. The molecule has 0 saturated heterocycles. The molecule has 8 heteroatoms. The quantitative estimate of drug-likeness (QED) is 0.581. The zero-order valence-corrected chi connectivity index (χ0v) is 16.3. The van der Waals surface area contributed by atoms with Crippen LogP contribution in [0.4, 0.5) is 0 Å². The topological polar surface area (TPSA) is 117 Å². The molecule has 1 atom stereocenters. The number of nitrogens with one attached hydrogen (secondary N) is 1. The fourth-order valence-corrected chi connectivity index (χ4v) is 2.89. The summed E-state index contributed by atoms with van der Waals surface area (Å²) in [5.74, 6) is -1.32. The molecule has 1 aromatic heterocycles. The van der Waals surface area contributed by atoms with Gasteiger partial charge in [-0.3, -0.25) is 4.79 Å². The van der Waals surface area contributed by atoms with Gasteiger partial charge >= 0.3 is 5.97 Å². The first-order valence-electron chi connectivity index (χ1n) is 9.22. The van der Waals surface area contributed by atoms with E-state index >= 15 is 0 Å². The molecule has 1 unspecified atom stereocenters. The van der Waals surface area contributed by atoms with Crippen molar-refractivity contribution in [3.8, 4) is 11.8 Å². The van der Waals surface area contributed by atoms with Crippen LogP contribution in [0.25, 0.3) is 5.69 Å². The number of amides is 1. The maximum atomic E-state index is 12.5. The van der Waals surface area contributed by atoms with Crippen molar-refractivity contribution >= 4 is 11.9 Å². The van der Waals surface area contributed by atoms with E-state index in [0.717, 1.165) is 0 Å². The SMILES string of the molecule is Cc1nn(-c2ccccc2)c(COC(=O)C(CO)NC(=O)c2ccccc2)c1C#N. The van der Waals surface area contributed by atoms with Gasteiger partial charge in [0.25, 0.3) is 5.91 Å². The first-order chi connectivity index (χ1) is 14.5. The predicted octanol–water partition coefficient (Wildman–Crippen LogP) is 1.89. The highest BCUT2D eigenvalue weighted by Crippen LogP contribution is 2.19. The smallest absolute Gasteiger partial charge is 0.331 e. The van der Waals surface area contributed by atoms with Gasteiger partial charge in [-0.1, -0.05) is 36.4 Å². The summed E-state index contributed by atoms with van der Waals surface area (Å²) < 4.78 is 6.85. The molecule has 0 aliphatic heterocycles. The van der Waals surface area contributed by atoms with Crippen LogP contribution in [-0.2, 0) is 16.1 Å². The number of carbonyl (C=O) groups excluding carboxylic acids is 2. The number of hydrogen-bond acceptors (Lipinski definition) is 6. The van der Waals surface area contributed by atoms with Crippen LogP contribution in [0.5, 0.6) is 0 Å². The van der Waals surface area contributed by atoms with Crippen LogP contribution in [0.15, 0.2) is 60.7 Å². The van der Waals surface area contributed by atoms with Crippen LogP contribution in [0, 0.1) is 18.3 Å². The molecule has 2 aromatic carbocycles. The Kier molecular flexibility index (Phi) is 6.57. The van der Waals surface area contributed by atoms with Crippen molar-refractivity contribution in [3.05, 3.63) is 83.2 Å². The second-order valence-corrected chi connectivity index (χ2v) is 6.45. The Balaban J connectivity index is 1.75. The van der Waals surface area contributed by atoms with Crippen molar-refractivity contribution in [1.82, 2.24) is 15.1 Å². The van der Waals surface area contributed by atoms with Crippen molar-refractivity contribution in [2.45, 2.75) is 19.6 Å². The van der Waals surface area contributed by atoms with E-state index < -0.39 is 24.5 Å². The van der Waals surface area contributed by atoms with Crippen molar-refractivity contribution in [3.63, 3.8) is 0 Å². The van der Waals surface area contributed by atoms with E-state index in [9.17, 15) is 20.0 Å². The standard InChI is InChI=1S/C22H20N4O4/c1-15-18(12-23)20(26(25-15)17-10-6-3-7-11-17)14-30-22(29)19(13-27)24-21(28)16-8-4-2-5-9-16/h2-11,19,27H,13-14H2,1H3,(H,24,28). The van der Waals surface area contributed by atoms with E-state index in [0.29, 0.717) is 28.2 Å². The van der Waals surface area contributed by atoms with E-state index in [1.807, 2.05) is 30.3 Å². The number of aliphatic hydroxyl groups is 1. The van der Waals surface area contributed by atoms with Gasteiger partial charge in [-0.15, -0.1) is 0 Å². The molecule has 0 bridgehead atoms. The first kappa shape index (κ1) is 20.8. The van der Waals surface area contributed by atoms with E-state index in [4.69, 9.17) is 4.74 Å². The molecule has 3 aromatic rings. The van der Waals surface area contributed by atoms with Crippen molar-refractivity contribution < 1.29 is 19.4 Å². The van der Waals surface area contributed by atoms with Crippen molar-refractivity contribution in [2.24, 2.45) is 0 Å². The van der Waals surface area contributed by atoms with E-state index in [2.05, 4.69) is 16.5 Å². The molecule has 0 aliphatic rings. The number of hydrogen-bond donors (Lipinski definition) is 2. The van der Waals surface area contributed by atoms with Crippen LogP contribution in [0.2, 0.25) is 0 Å². The van der Waals surface area contributed by atoms with Gasteiger partial charge in [0.05, 0.1) is 23.7 Å². The highest BCUT2D eigenvalue weighted by atomic mass is 16.5. The fourth-order valence-electron chi connectivity index (χ4n) is 2.89.